The molecule has 7 heteroatoms. The number of methoxy groups -OCH3 is 3. The first-order valence-electron chi connectivity index (χ1n) is 8.16. The van der Waals surface area contributed by atoms with Gasteiger partial charge in [-0.25, -0.2) is 0 Å². The van der Waals surface area contributed by atoms with Crippen molar-refractivity contribution in [3.63, 3.8) is 0 Å². The molecular formula is C20H19ClN2O3S. The Labute approximate surface area is 167 Å². The molecule has 5 nitrogen and oxygen atoms in total. The van der Waals surface area contributed by atoms with Crippen molar-refractivity contribution in [2.45, 2.75) is 10.8 Å². The van der Waals surface area contributed by atoms with Crippen molar-refractivity contribution in [3.05, 3.63) is 59.1 Å². The summed E-state index contributed by atoms with van der Waals surface area (Å²) in [5.74, 6) is 2.43. The maximum Gasteiger partial charge on any atom is 0.203 e. The lowest BCUT2D eigenvalue weighted by atomic mass is 10.1. The Hall–Kier alpha value is -2.44. The van der Waals surface area contributed by atoms with E-state index in [1.54, 1.807) is 33.1 Å². The summed E-state index contributed by atoms with van der Waals surface area (Å²) >= 11 is 7.78. The van der Waals surface area contributed by atoms with E-state index in [4.69, 9.17) is 25.8 Å². The maximum atomic E-state index is 6.19. The van der Waals surface area contributed by atoms with Crippen molar-refractivity contribution in [1.82, 2.24) is 10.2 Å². The first kappa shape index (κ1) is 19.3. The Balaban J connectivity index is 1.80. The molecule has 3 aromatic rings. The molecule has 140 valence electrons. The van der Waals surface area contributed by atoms with E-state index < -0.39 is 0 Å². The van der Waals surface area contributed by atoms with Gasteiger partial charge in [-0.3, -0.25) is 0 Å². The number of ether oxygens (including phenoxy) is 3. The topological polar surface area (TPSA) is 53.5 Å². The third-order valence-corrected chi connectivity index (χ3v) is 5.27. The van der Waals surface area contributed by atoms with E-state index in [2.05, 4.69) is 10.2 Å². The molecule has 0 unspecified atom stereocenters. The largest absolute Gasteiger partial charge is 0.493 e. The van der Waals surface area contributed by atoms with Gasteiger partial charge in [-0.15, -0.1) is 10.2 Å². The zero-order valence-electron chi connectivity index (χ0n) is 15.2. The standard InChI is InChI=1S/C20H19ClN2O3S/c1-24-17-10-14(11-18(25-2)20(17)26-3)16-8-9-19(23-22-16)27-12-13-6-4-5-7-15(13)21/h4-11H,12H2,1-3H3. The van der Waals surface area contributed by atoms with Gasteiger partial charge in [0.05, 0.1) is 27.0 Å². The molecule has 3 rings (SSSR count). The molecule has 0 saturated carbocycles. The van der Waals surface area contributed by atoms with Gasteiger partial charge < -0.3 is 14.2 Å². The first-order valence-corrected chi connectivity index (χ1v) is 9.53. The average Bonchev–Trinajstić information content (AvgIpc) is 2.72. The Kier molecular flexibility index (Phi) is 6.42. The summed E-state index contributed by atoms with van der Waals surface area (Å²) in [7, 11) is 4.74. The number of aromatic nitrogens is 2. The highest BCUT2D eigenvalue weighted by atomic mass is 35.5. The Morgan fingerprint density at radius 2 is 1.59 bits per heavy atom. The highest BCUT2D eigenvalue weighted by molar-refractivity contribution is 7.98. The lowest BCUT2D eigenvalue weighted by Crippen LogP contribution is -1.97. The molecule has 0 spiro atoms. The summed E-state index contributed by atoms with van der Waals surface area (Å²) in [6.07, 6.45) is 0. The molecule has 0 atom stereocenters. The van der Waals surface area contributed by atoms with E-state index in [-0.39, 0.29) is 0 Å². The minimum Gasteiger partial charge on any atom is -0.493 e. The van der Waals surface area contributed by atoms with Crippen molar-refractivity contribution in [1.29, 1.82) is 0 Å². The van der Waals surface area contributed by atoms with Crippen LogP contribution in [0.1, 0.15) is 5.56 Å². The lowest BCUT2D eigenvalue weighted by Gasteiger charge is -2.13. The fourth-order valence-electron chi connectivity index (χ4n) is 2.55. The predicted octanol–water partition coefficient (Wildman–Crippen LogP) is 5.12. The Morgan fingerprint density at radius 3 is 2.15 bits per heavy atom. The van der Waals surface area contributed by atoms with Crippen LogP contribution in [0.15, 0.2) is 53.6 Å². The number of halogens is 1. The number of benzene rings is 2. The second-order valence-corrected chi connectivity index (χ2v) is 6.95. The summed E-state index contributed by atoms with van der Waals surface area (Å²) in [6, 6.07) is 15.3. The summed E-state index contributed by atoms with van der Waals surface area (Å²) in [4.78, 5) is 0. The molecule has 27 heavy (non-hydrogen) atoms. The molecule has 1 heterocycles. The van der Waals surface area contributed by atoms with Crippen LogP contribution in [0, 0.1) is 0 Å². The Bertz CT molecular complexity index is 894. The van der Waals surface area contributed by atoms with E-state index in [1.165, 1.54) is 0 Å². The lowest BCUT2D eigenvalue weighted by molar-refractivity contribution is 0.324. The van der Waals surface area contributed by atoms with Gasteiger partial charge in [-0.2, -0.15) is 0 Å². The van der Waals surface area contributed by atoms with Gasteiger partial charge in [0.25, 0.3) is 0 Å². The maximum absolute atomic E-state index is 6.19. The van der Waals surface area contributed by atoms with Crippen LogP contribution in [0.5, 0.6) is 17.2 Å². The smallest absolute Gasteiger partial charge is 0.203 e. The van der Waals surface area contributed by atoms with Gasteiger partial charge in [-0.1, -0.05) is 41.6 Å². The minimum atomic E-state index is 0.545. The van der Waals surface area contributed by atoms with Crippen LogP contribution in [0.3, 0.4) is 0 Å². The van der Waals surface area contributed by atoms with Crippen molar-refractivity contribution in [2.24, 2.45) is 0 Å². The van der Waals surface area contributed by atoms with Crippen molar-refractivity contribution in [2.75, 3.05) is 21.3 Å². The molecule has 0 aliphatic carbocycles. The SMILES string of the molecule is COc1cc(-c2ccc(SCc3ccccc3Cl)nn2)cc(OC)c1OC. The second kappa shape index (κ2) is 8.97. The van der Waals surface area contributed by atoms with Gasteiger partial charge in [0.1, 0.15) is 5.03 Å². The molecule has 2 aromatic carbocycles. The molecule has 0 saturated heterocycles. The van der Waals surface area contributed by atoms with Crippen LogP contribution in [-0.2, 0) is 5.75 Å². The normalized spacial score (nSPS) is 10.5. The zero-order chi connectivity index (χ0) is 19.2. The molecular weight excluding hydrogens is 384 g/mol. The fourth-order valence-corrected chi connectivity index (χ4v) is 3.65. The number of hydrogen-bond acceptors (Lipinski definition) is 6. The first-order chi connectivity index (χ1) is 13.2. The van der Waals surface area contributed by atoms with Crippen molar-refractivity contribution < 1.29 is 14.2 Å². The van der Waals surface area contributed by atoms with Gasteiger partial charge in [0, 0.05) is 16.3 Å². The molecule has 0 aliphatic rings. The molecule has 0 fully saturated rings. The summed E-state index contributed by atoms with van der Waals surface area (Å²) < 4.78 is 16.1. The van der Waals surface area contributed by atoms with Crippen molar-refractivity contribution >= 4 is 23.4 Å². The van der Waals surface area contributed by atoms with E-state index in [9.17, 15) is 0 Å². The van der Waals surface area contributed by atoms with Gasteiger partial charge in [0.2, 0.25) is 5.75 Å². The summed E-state index contributed by atoms with van der Waals surface area (Å²) in [5.41, 5.74) is 2.62. The van der Waals surface area contributed by atoms with E-state index >= 15 is 0 Å². The number of thioether (sulfide) groups is 1. The fraction of sp³-hybridized carbons (Fsp3) is 0.200. The minimum absolute atomic E-state index is 0.545. The van der Waals surface area contributed by atoms with Crippen LogP contribution in [0.4, 0.5) is 0 Å². The number of nitrogens with zero attached hydrogens (tertiary/aromatic N) is 2. The van der Waals surface area contributed by atoms with Gasteiger partial charge >= 0.3 is 0 Å². The quantitative estimate of drug-likeness (QED) is 0.511. The van der Waals surface area contributed by atoms with Crippen molar-refractivity contribution in [3.8, 4) is 28.5 Å². The van der Waals surface area contributed by atoms with Gasteiger partial charge in [-0.05, 0) is 35.9 Å². The van der Waals surface area contributed by atoms with Crippen LogP contribution >= 0.6 is 23.4 Å². The second-order valence-electron chi connectivity index (χ2n) is 5.55. The number of rotatable bonds is 7. The summed E-state index contributed by atoms with van der Waals surface area (Å²) in [5, 5.41) is 10.2. The molecule has 0 radical (unpaired) electrons. The average molecular weight is 403 g/mol. The third kappa shape index (κ3) is 4.46. The molecule has 0 aliphatic heterocycles. The third-order valence-electron chi connectivity index (χ3n) is 3.93. The zero-order valence-corrected chi connectivity index (χ0v) is 16.8. The molecule has 0 N–H and O–H groups in total. The highest BCUT2D eigenvalue weighted by Crippen LogP contribution is 2.40. The summed E-state index contributed by atoms with van der Waals surface area (Å²) in [6.45, 7) is 0. The van der Waals surface area contributed by atoms with Crippen LogP contribution in [-0.4, -0.2) is 31.5 Å². The van der Waals surface area contributed by atoms with Crippen LogP contribution < -0.4 is 14.2 Å². The number of hydrogen-bond donors (Lipinski definition) is 0. The Morgan fingerprint density at radius 1 is 0.889 bits per heavy atom. The molecule has 0 amide bonds. The predicted molar refractivity (Wildman–Crippen MR) is 108 cm³/mol. The van der Waals surface area contributed by atoms with Gasteiger partial charge in [0.15, 0.2) is 11.5 Å². The van der Waals surface area contributed by atoms with E-state index in [0.29, 0.717) is 17.2 Å². The van der Waals surface area contributed by atoms with E-state index in [0.717, 1.165) is 32.6 Å². The molecule has 0 bridgehead atoms. The van der Waals surface area contributed by atoms with Crippen LogP contribution in [0.2, 0.25) is 5.02 Å². The van der Waals surface area contributed by atoms with E-state index in [1.807, 2.05) is 48.5 Å². The monoisotopic (exact) mass is 402 g/mol. The molecule has 1 aromatic heterocycles. The van der Waals surface area contributed by atoms with Crippen LogP contribution in [0.25, 0.3) is 11.3 Å². The highest BCUT2D eigenvalue weighted by Gasteiger charge is 2.15.